The number of fused-ring (bicyclic) bond motifs is 4. The van der Waals surface area contributed by atoms with Crippen molar-refractivity contribution >= 4 is 23.0 Å². The Hall–Kier alpha value is -2.07. The quantitative estimate of drug-likeness (QED) is 0.807. The molecule has 0 spiro atoms. The molecule has 2 heterocycles. The van der Waals surface area contributed by atoms with Crippen LogP contribution in [0.5, 0.6) is 5.75 Å². The molecule has 1 saturated heterocycles. The third-order valence-corrected chi connectivity index (χ3v) is 4.84. The molecule has 1 N–H and O–H groups in total. The van der Waals surface area contributed by atoms with Crippen molar-refractivity contribution in [2.24, 2.45) is 0 Å². The highest BCUT2D eigenvalue weighted by Crippen LogP contribution is 2.45. The normalized spacial score (nSPS) is 26.0. The van der Waals surface area contributed by atoms with Crippen LogP contribution >= 0.6 is 12.2 Å². The minimum Gasteiger partial charge on any atom is -0.467 e. The van der Waals surface area contributed by atoms with Crippen LogP contribution in [0.4, 0.5) is 5.69 Å². The van der Waals surface area contributed by atoms with E-state index in [-0.39, 0.29) is 6.04 Å². The van der Waals surface area contributed by atoms with Gasteiger partial charge in [-0.25, -0.2) is 0 Å². The van der Waals surface area contributed by atoms with Gasteiger partial charge in [0.05, 0.1) is 6.04 Å². The van der Waals surface area contributed by atoms with E-state index in [9.17, 15) is 0 Å². The lowest BCUT2D eigenvalue weighted by molar-refractivity contribution is 0.0497. The molecule has 112 valence electrons. The van der Waals surface area contributed by atoms with Gasteiger partial charge >= 0.3 is 0 Å². The summed E-state index contributed by atoms with van der Waals surface area (Å²) in [4.78, 5) is 2.12. The number of hydrogen-bond acceptors (Lipinski definition) is 2. The maximum Gasteiger partial charge on any atom is 0.188 e. The zero-order chi connectivity index (χ0) is 15.3. The highest BCUT2D eigenvalue weighted by Gasteiger charge is 2.48. The van der Waals surface area contributed by atoms with Gasteiger partial charge in [0, 0.05) is 17.7 Å². The van der Waals surface area contributed by atoms with E-state index in [1.165, 1.54) is 11.1 Å². The first kappa shape index (κ1) is 13.6. The molecule has 0 unspecified atom stereocenters. The highest BCUT2D eigenvalue weighted by molar-refractivity contribution is 7.80. The predicted octanol–water partition coefficient (Wildman–Crippen LogP) is 3.93. The number of benzene rings is 2. The van der Waals surface area contributed by atoms with E-state index >= 15 is 0 Å². The van der Waals surface area contributed by atoms with Crippen LogP contribution in [-0.2, 0) is 0 Å². The van der Waals surface area contributed by atoms with Gasteiger partial charge in [0.15, 0.2) is 10.8 Å². The molecule has 2 bridgehead atoms. The summed E-state index contributed by atoms with van der Waals surface area (Å²) in [6.07, 6.45) is 0.860. The summed E-state index contributed by atoms with van der Waals surface area (Å²) < 4.78 is 6.38. The fourth-order valence-electron chi connectivity index (χ4n) is 3.50. The average molecular weight is 310 g/mol. The third kappa shape index (κ3) is 1.91. The van der Waals surface area contributed by atoms with Crippen LogP contribution < -0.4 is 15.0 Å². The van der Waals surface area contributed by atoms with Crippen LogP contribution in [0.2, 0.25) is 0 Å². The van der Waals surface area contributed by atoms with Gasteiger partial charge in [0.1, 0.15) is 5.75 Å². The van der Waals surface area contributed by atoms with Crippen molar-refractivity contribution in [3.8, 4) is 5.75 Å². The molecule has 1 fully saturated rings. The Balaban J connectivity index is 1.84. The number of aryl methyl sites for hydroxylation is 1. The van der Waals surface area contributed by atoms with E-state index in [0.717, 1.165) is 23.0 Å². The van der Waals surface area contributed by atoms with E-state index in [2.05, 4.69) is 42.3 Å². The zero-order valence-corrected chi connectivity index (χ0v) is 13.5. The summed E-state index contributed by atoms with van der Waals surface area (Å²) in [5, 5.41) is 4.21. The summed E-state index contributed by atoms with van der Waals surface area (Å²) in [5.41, 5.74) is 3.01. The van der Waals surface area contributed by atoms with Crippen molar-refractivity contribution in [3.05, 3.63) is 59.7 Å². The van der Waals surface area contributed by atoms with Crippen LogP contribution in [0.1, 0.15) is 30.5 Å². The second kappa shape index (κ2) is 4.71. The van der Waals surface area contributed by atoms with Crippen LogP contribution in [0, 0.1) is 6.92 Å². The topological polar surface area (TPSA) is 24.5 Å². The molecular weight excluding hydrogens is 292 g/mol. The zero-order valence-electron chi connectivity index (χ0n) is 12.7. The second-order valence-electron chi connectivity index (χ2n) is 6.14. The van der Waals surface area contributed by atoms with E-state index < -0.39 is 5.72 Å². The number of nitrogens with one attached hydrogen (secondary N) is 1. The molecule has 2 atom stereocenters. The maximum atomic E-state index is 6.38. The SMILES string of the molecule is Cc1ccccc1N1C(=S)N[C@@H]2C[C@]1(C)Oc1ccccc12. The smallest absolute Gasteiger partial charge is 0.188 e. The summed E-state index contributed by atoms with van der Waals surface area (Å²) in [6, 6.07) is 16.7. The van der Waals surface area contributed by atoms with Gasteiger partial charge in [-0.3, -0.25) is 4.90 Å². The van der Waals surface area contributed by atoms with Crippen molar-refractivity contribution in [1.29, 1.82) is 0 Å². The first-order valence-corrected chi connectivity index (χ1v) is 7.94. The lowest BCUT2D eigenvalue weighted by Gasteiger charge is -2.52. The van der Waals surface area contributed by atoms with Crippen molar-refractivity contribution in [1.82, 2.24) is 5.32 Å². The molecule has 2 aromatic carbocycles. The monoisotopic (exact) mass is 310 g/mol. The molecule has 4 heteroatoms. The Labute approximate surface area is 135 Å². The molecule has 0 amide bonds. The number of hydrogen-bond donors (Lipinski definition) is 1. The number of ether oxygens (including phenoxy) is 1. The van der Waals surface area contributed by atoms with Crippen molar-refractivity contribution < 1.29 is 4.74 Å². The van der Waals surface area contributed by atoms with Crippen LogP contribution in [-0.4, -0.2) is 10.8 Å². The molecule has 2 aromatic rings. The van der Waals surface area contributed by atoms with Crippen molar-refractivity contribution in [2.75, 3.05) is 4.90 Å². The molecular formula is C18H18N2OS. The lowest BCUT2D eigenvalue weighted by atomic mass is 9.90. The van der Waals surface area contributed by atoms with Gasteiger partial charge in [-0.2, -0.15) is 0 Å². The summed E-state index contributed by atoms with van der Waals surface area (Å²) in [6.45, 7) is 4.22. The largest absolute Gasteiger partial charge is 0.467 e. The summed E-state index contributed by atoms with van der Waals surface area (Å²) in [7, 11) is 0. The Morgan fingerprint density at radius 3 is 2.73 bits per heavy atom. The van der Waals surface area contributed by atoms with Gasteiger partial charge < -0.3 is 10.1 Å². The average Bonchev–Trinajstić information content (AvgIpc) is 2.48. The highest BCUT2D eigenvalue weighted by atomic mass is 32.1. The fraction of sp³-hybridized carbons (Fsp3) is 0.278. The molecule has 2 aliphatic rings. The lowest BCUT2D eigenvalue weighted by Crippen LogP contribution is -2.65. The first-order chi connectivity index (χ1) is 10.6. The van der Waals surface area contributed by atoms with Crippen molar-refractivity contribution in [2.45, 2.75) is 32.0 Å². The standard InChI is InChI=1S/C18H18N2OS/c1-12-7-3-5-9-15(12)20-17(22)19-14-11-18(20,2)21-16-10-6-4-8-13(14)16/h3-10,14H,11H2,1-2H3,(H,19,22)/t14-,18+/m1/s1. The molecule has 22 heavy (non-hydrogen) atoms. The van der Waals surface area contributed by atoms with Crippen molar-refractivity contribution in [3.63, 3.8) is 0 Å². The number of thiocarbonyl (C=S) groups is 1. The van der Waals surface area contributed by atoms with E-state index in [4.69, 9.17) is 17.0 Å². The summed E-state index contributed by atoms with van der Waals surface area (Å²) >= 11 is 5.66. The number of para-hydroxylation sites is 2. The maximum absolute atomic E-state index is 6.38. The van der Waals surface area contributed by atoms with Crippen LogP contribution in [0.3, 0.4) is 0 Å². The van der Waals surface area contributed by atoms with E-state index in [1.807, 2.05) is 30.3 Å². The number of anilines is 1. The Kier molecular flexibility index (Phi) is 2.91. The third-order valence-electron chi connectivity index (χ3n) is 4.54. The Morgan fingerprint density at radius 1 is 1.18 bits per heavy atom. The van der Waals surface area contributed by atoms with Gasteiger partial charge in [-0.15, -0.1) is 0 Å². The fourth-order valence-corrected chi connectivity index (χ4v) is 3.93. The van der Waals surface area contributed by atoms with E-state index in [1.54, 1.807) is 0 Å². The second-order valence-corrected chi connectivity index (χ2v) is 6.53. The van der Waals surface area contributed by atoms with Crippen LogP contribution in [0.25, 0.3) is 0 Å². The molecule has 3 nitrogen and oxygen atoms in total. The Bertz CT molecular complexity index is 760. The van der Waals surface area contributed by atoms with E-state index in [0.29, 0.717) is 0 Å². The number of nitrogens with zero attached hydrogens (tertiary/aromatic N) is 1. The predicted molar refractivity (Wildman–Crippen MR) is 92.2 cm³/mol. The van der Waals surface area contributed by atoms with Crippen LogP contribution in [0.15, 0.2) is 48.5 Å². The van der Waals surface area contributed by atoms with Gasteiger partial charge in [0.25, 0.3) is 0 Å². The Morgan fingerprint density at radius 2 is 1.91 bits per heavy atom. The molecule has 0 saturated carbocycles. The molecule has 0 radical (unpaired) electrons. The number of rotatable bonds is 1. The minimum absolute atomic E-state index is 0.211. The molecule has 0 aromatic heterocycles. The summed E-state index contributed by atoms with van der Waals surface area (Å²) in [5.74, 6) is 0.940. The van der Waals surface area contributed by atoms with Gasteiger partial charge in [-0.1, -0.05) is 36.4 Å². The van der Waals surface area contributed by atoms with Gasteiger partial charge in [-0.05, 0) is 43.8 Å². The molecule has 4 rings (SSSR count). The first-order valence-electron chi connectivity index (χ1n) is 7.53. The van der Waals surface area contributed by atoms with Gasteiger partial charge in [0.2, 0.25) is 0 Å². The minimum atomic E-state index is -0.465. The molecule has 2 aliphatic heterocycles. The molecule has 0 aliphatic carbocycles.